The minimum atomic E-state index is -0.134. The van der Waals surface area contributed by atoms with Gasteiger partial charge in [0.2, 0.25) is 0 Å². The van der Waals surface area contributed by atoms with E-state index in [1.807, 2.05) is 0 Å². The Balaban J connectivity index is 2.19. The normalized spacial score (nSPS) is 9.75. The van der Waals surface area contributed by atoms with E-state index in [-0.39, 0.29) is 5.91 Å². The second-order valence-electron chi connectivity index (χ2n) is 3.31. The van der Waals surface area contributed by atoms with E-state index in [2.05, 4.69) is 15.5 Å². The molecule has 1 amide bonds. The van der Waals surface area contributed by atoms with Crippen LogP contribution in [0.3, 0.4) is 0 Å². The Hall–Kier alpha value is -1.56. The van der Waals surface area contributed by atoms with E-state index in [1.165, 1.54) is 12.4 Å². The highest BCUT2D eigenvalue weighted by Gasteiger charge is 2.03. The number of carbonyl (C=O) groups excluding carboxylic acids is 1. The zero-order chi connectivity index (χ0) is 11.8. The summed E-state index contributed by atoms with van der Waals surface area (Å²) in [6, 6.07) is 1.62. The molecule has 86 valence electrons. The molecule has 1 aromatic rings. The molecule has 0 saturated carbocycles. The van der Waals surface area contributed by atoms with Crippen LogP contribution >= 0.6 is 12.2 Å². The Labute approximate surface area is 99.4 Å². The van der Waals surface area contributed by atoms with Crippen LogP contribution in [-0.4, -0.2) is 27.6 Å². The molecule has 3 N–H and O–H groups in total. The third kappa shape index (κ3) is 4.79. The van der Waals surface area contributed by atoms with Gasteiger partial charge in [-0.05, 0) is 25.3 Å². The molecular weight excluding hydrogens is 224 g/mol. The Bertz CT molecular complexity index is 355. The predicted molar refractivity (Wildman–Crippen MR) is 65.0 cm³/mol. The molecule has 0 radical (unpaired) electrons. The van der Waals surface area contributed by atoms with E-state index in [1.54, 1.807) is 6.07 Å². The first-order valence-electron chi connectivity index (χ1n) is 5.03. The molecule has 0 atom stereocenters. The number of thiocarbonyl (C=S) groups is 1. The molecule has 1 heterocycles. The molecule has 16 heavy (non-hydrogen) atoms. The minimum Gasteiger partial charge on any atom is -0.393 e. The zero-order valence-corrected chi connectivity index (χ0v) is 9.67. The monoisotopic (exact) mass is 238 g/mol. The van der Waals surface area contributed by atoms with E-state index < -0.39 is 0 Å². The van der Waals surface area contributed by atoms with E-state index in [9.17, 15) is 4.79 Å². The smallest absolute Gasteiger partial charge is 0.252 e. The molecule has 0 unspecified atom stereocenters. The lowest BCUT2D eigenvalue weighted by molar-refractivity contribution is 0.0952. The Morgan fingerprint density at radius 2 is 2.25 bits per heavy atom. The van der Waals surface area contributed by atoms with Gasteiger partial charge >= 0.3 is 0 Å². The van der Waals surface area contributed by atoms with Crippen LogP contribution in [0.1, 0.15) is 29.6 Å². The van der Waals surface area contributed by atoms with Gasteiger partial charge in [-0.1, -0.05) is 12.2 Å². The maximum absolute atomic E-state index is 11.5. The first kappa shape index (κ1) is 12.5. The highest BCUT2D eigenvalue weighted by Crippen LogP contribution is 1.96. The average molecular weight is 238 g/mol. The molecule has 6 heteroatoms. The van der Waals surface area contributed by atoms with Crippen LogP contribution < -0.4 is 11.1 Å². The van der Waals surface area contributed by atoms with Crippen molar-refractivity contribution in [2.45, 2.75) is 19.3 Å². The van der Waals surface area contributed by atoms with E-state index in [0.29, 0.717) is 17.1 Å². The maximum atomic E-state index is 11.5. The van der Waals surface area contributed by atoms with E-state index in [4.69, 9.17) is 18.0 Å². The largest absolute Gasteiger partial charge is 0.393 e. The van der Waals surface area contributed by atoms with Crippen molar-refractivity contribution in [3.05, 3.63) is 24.0 Å². The van der Waals surface area contributed by atoms with Crippen molar-refractivity contribution >= 4 is 23.1 Å². The number of carbonyl (C=O) groups is 1. The van der Waals surface area contributed by atoms with E-state index >= 15 is 0 Å². The number of rotatable bonds is 6. The molecule has 0 aliphatic rings. The van der Waals surface area contributed by atoms with Gasteiger partial charge in [0.1, 0.15) is 0 Å². The SMILES string of the molecule is NC(=S)CCCCNC(=O)c1ccnnc1. The number of hydrogen-bond donors (Lipinski definition) is 2. The summed E-state index contributed by atoms with van der Waals surface area (Å²) < 4.78 is 0. The van der Waals surface area contributed by atoms with Gasteiger partial charge in [0.25, 0.3) is 5.91 Å². The Morgan fingerprint density at radius 3 is 2.88 bits per heavy atom. The number of nitrogens with zero attached hydrogens (tertiary/aromatic N) is 2. The Kier molecular flexibility index (Phi) is 5.35. The highest BCUT2D eigenvalue weighted by atomic mass is 32.1. The quantitative estimate of drug-likeness (QED) is 0.562. The summed E-state index contributed by atoms with van der Waals surface area (Å²) in [5, 5.41) is 10.0. The fourth-order valence-electron chi connectivity index (χ4n) is 1.15. The van der Waals surface area contributed by atoms with Crippen molar-refractivity contribution in [1.29, 1.82) is 0 Å². The minimum absolute atomic E-state index is 0.134. The first-order valence-corrected chi connectivity index (χ1v) is 5.44. The van der Waals surface area contributed by atoms with Gasteiger partial charge in [-0.3, -0.25) is 4.79 Å². The van der Waals surface area contributed by atoms with Crippen molar-refractivity contribution in [2.24, 2.45) is 5.73 Å². The predicted octanol–water partition coefficient (Wildman–Crippen LogP) is 0.663. The van der Waals surface area contributed by atoms with Crippen LogP contribution in [0.2, 0.25) is 0 Å². The molecular formula is C10H14N4OS. The van der Waals surface area contributed by atoms with Crippen molar-refractivity contribution < 1.29 is 4.79 Å². The van der Waals surface area contributed by atoms with Crippen molar-refractivity contribution in [2.75, 3.05) is 6.54 Å². The van der Waals surface area contributed by atoms with Gasteiger partial charge in [0.05, 0.1) is 22.9 Å². The second-order valence-corrected chi connectivity index (χ2v) is 3.83. The molecule has 0 saturated heterocycles. The van der Waals surface area contributed by atoms with Crippen LogP contribution in [0, 0.1) is 0 Å². The highest BCUT2D eigenvalue weighted by molar-refractivity contribution is 7.80. The number of unbranched alkanes of at least 4 members (excludes halogenated alkanes) is 1. The van der Waals surface area contributed by atoms with Gasteiger partial charge in [0, 0.05) is 6.54 Å². The van der Waals surface area contributed by atoms with Crippen LogP contribution in [-0.2, 0) is 0 Å². The fraction of sp³-hybridized carbons (Fsp3) is 0.400. The van der Waals surface area contributed by atoms with Crippen LogP contribution in [0.4, 0.5) is 0 Å². The molecule has 1 rings (SSSR count). The van der Waals surface area contributed by atoms with Gasteiger partial charge in [-0.25, -0.2) is 0 Å². The molecule has 0 spiro atoms. The van der Waals surface area contributed by atoms with Crippen LogP contribution in [0.5, 0.6) is 0 Å². The summed E-state index contributed by atoms with van der Waals surface area (Å²) in [7, 11) is 0. The molecule has 0 aliphatic heterocycles. The van der Waals surface area contributed by atoms with E-state index in [0.717, 1.165) is 19.3 Å². The Morgan fingerprint density at radius 1 is 1.44 bits per heavy atom. The van der Waals surface area contributed by atoms with Crippen molar-refractivity contribution in [3.8, 4) is 0 Å². The number of aromatic nitrogens is 2. The zero-order valence-electron chi connectivity index (χ0n) is 8.85. The third-order valence-corrected chi connectivity index (χ3v) is 2.19. The fourth-order valence-corrected chi connectivity index (χ4v) is 1.30. The number of amides is 1. The standard InChI is InChI=1S/C10H14N4OS/c11-9(16)3-1-2-5-12-10(15)8-4-6-13-14-7-8/h4,6-7H,1-3,5H2,(H2,11,16)(H,12,15). The lowest BCUT2D eigenvalue weighted by atomic mass is 10.2. The van der Waals surface area contributed by atoms with Crippen molar-refractivity contribution in [1.82, 2.24) is 15.5 Å². The van der Waals surface area contributed by atoms with Crippen molar-refractivity contribution in [3.63, 3.8) is 0 Å². The molecule has 0 bridgehead atoms. The van der Waals surface area contributed by atoms with Gasteiger partial charge < -0.3 is 11.1 Å². The molecule has 0 aliphatic carbocycles. The van der Waals surface area contributed by atoms with Crippen LogP contribution in [0.15, 0.2) is 18.5 Å². The molecule has 0 fully saturated rings. The average Bonchev–Trinajstić information content (AvgIpc) is 2.29. The lowest BCUT2D eigenvalue weighted by Crippen LogP contribution is -2.24. The second kappa shape index (κ2) is 6.84. The summed E-state index contributed by atoms with van der Waals surface area (Å²) in [5.41, 5.74) is 5.87. The van der Waals surface area contributed by atoms with Crippen LogP contribution in [0.25, 0.3) is 0 Å². The molecule has 1 aromatic heterocycles. The summed E-state index contributed by atoms with van der Waals surface area (Å²) in [6.45, 7) is 0.615. The third-order valence-electron chi connectivity index (χ3n) is 1.98. The first-order chi connectivity index (χ1) is 7.70. The van der Waals surface area contributed by atoms with Gasteiger partial charge in [0.15, 0.2) is 0 Å². The van der Waals surface area contributed by atoms with Gasteiger partial charge in [-0.15, -0.1) is 0 Å². The summed E-state index contributed by atoms with van der Waals surface area (Å²) in [6.07, 6.45) is 5.40. The number of hydrogen-bond acceptors (Lipinski definition) is 4. The maximum Gasteiger partial charge on any atom is 0.252 e. The molecule has 0 aromatic carbocycles. The number of nitrogens with one attached hydrogen (secondary N) is 1. The summed E-state index contributed by atoms with van der Waals surface area (Å²) in [4.78, 5) is 12.0. The molecule has 5 nitrogen and oxygen atoms in total. The summed E-state index contributed by atoms with van der Waals surface area (Å²) >= 11 is 4.75. The number of nitrogens with two attached hydrogens (primary N) is 1. The van der Waals surface area contributed by atoms with Gasteiger partial charge in [-0.2, -0.15) is 10.2 Å². The lowest BCUT2D eigenvalue weighted by Gasteiger charge is -2.04. The summed E-state index contributed by atoms with van der Waals surface area (Å²) in [5.74, 6) is -0.134. The topological polar surface area (TPSA) is 80.9 Å².